The van der Waals surface area contributed by atoms with Crippen LogP contribution in [0, 0.1) is 0 Å². The molecule has 0 saturated heterocycles. The number of nitrogens with zero attached hydrogens (tertiary/aromatic N) is 1. The zero-order chi connectivity index (χ0) is 15.9. The maximum absolute atomic E-state index is 12.2. The molecular formula is C16H18N4O2. The summed E-state index contributed by atoms with van der Waals surface area (Å²) in [5, 5.41) is 5.00. The van der Waals surface area contributed by atoms with Crippen LogP contribution in [0.4, 0.5) is 0 Å². The van der Waals surface area contributed by atoms with Gasteiger partial charge in [0.1, 0.15) is 5.69 Å². The first-order chi connectivity index (χ1) is 10.7. The number of aromatic nitrogens is 1. The van der Waals surface area contributed by atoms with Gasteiger partial charge in [-0.25, -0.2) is 0 Å². The van der Waals surface area contributed by atoms with Gasteiger partial charge in [0.2, 0.25) is 5.91 Å². The molecule has 114 valence electrons. The van der Waals surface area contributed by atoms with E-state index in [0.717, 1.165) is 11.1 Å². The minimum Gasteiger partial charge on any atom is -0.358 e. The first-order valence-corrected chi connectivity index (χ1v) is 6.89. The summed E-state index contributed by atoms with van der Waals surface area (Å²) in [4.78, 5) is 27.6. The Morgan fingerprint density at radius 2 is 2.05 bits per heavy atom. The van der Waals surface area contributed by atoms with E-state index in [1.54, 1.807) is 12.3 Å². The van der Waals surface area contributed by atoms with Crippen LogP contribution in [0.5, 0.6) is 0 Å². The number of likely N-dealkylation sites (N-methyl/N-ethyl adjacent to an activating group) is 1. The van der Waals surface area contributed by atoms with Gasteiger partial charge in [-0.2, -0.15) is 0 Å². The van der Waals surface area contributed by atoms with Crippen LogP contribution >= 0.6 is 0 Å². The highest BCUT2D eigenvalue weighted by atomic mass is 16.2. The monoisotopic (exact) mass is 298 g/mol. The van der Waals surface area contributed by atoms with Crippen LogP contribution in [0.2, 0.25) is 0 Å². The van der Waals surface area contributed by atoms with Gasteiger partial charge >= 0.3 is 0 Å². The quantitative estimate of drug-likeness (QED) is 0.756. The lowest BCUT2D eigenvalue weighted by Gasteiger charge is -2.10. The number of hydrogen-bond acceptors (Lipinski definition) is 4. The van der Waals surface area contributed by atoms with Gasteiger partial charge in [-0.3, -0.25) is 14.6 Å². The molecule has 0 unspecified atom stereocenters. The number of nitrogens with one attached hydrogen (secondary N) is 2. The van der Waals surface area contributed by atoms with Crippen LogP contribution in [-0.4, -0.2) is 30.4 Å². The van der Waals surface area contributed by atoms with E-state index in [-0.39, 0.29) is 18.1 Å². The van der Waals surface area contributed by atoms with E-state index in [4.69, 9.17) is 5.73 Å². The fourth-order valence-corrected chi connectivity index (χ4v) is 2.02. The predicted molar refractivity (Wildman–Crippen MR) is 84.0 cm³/mol. The van der Waals surface area contributed by atoms with Crippen LogP contribution in [0.1, 0.15) is 16.1 Å². The zero-order valence-corrected chi connectivity index (χ0v) is 12.3. The Morgan fingerprint density at radius 1 is 1.23 bits per heavy atom. The van der Waals surface area contributed by atoms with Crippen LogP contribution in [-0.2, 0) is 11.3 Å². The minimum atomic E-state index is -0.391. The van der Waals surface area contributed by atoms with Gasteiger partial charge in [0.25, 0.3) is 5.91 Å². The summed E-state index contributed by atoms with van der Waals surface area (Å²) in [5.41, 5.74) is 8.46. The topological polar surface area (TPSA) is 97.1 Å². The molecule has 0 aliphatic rings. The van der Waals surface area contributed by atoms with Gasteiger partial charge in [0.15, 0.2) is 0 Å². The van der Waals surface area contributed by atoms with Crippen molar-refractivity contribution in [2.24, 2.45) is 5.73 Å². The van der Waals surface area contributed by atoms with Gasteiger partial charge < -0.3 is 16.4 Å². The number of carbonyl (C=O) groups excluding carboxylic acids is 2. The Balaban J connectivity index is 2.30. The van der Waals surface area contributed by atoms with Gasteiger partial charge in [-0.1, -0.05) is 24.3 Å². The van der Waals surface area contributed by atoms with Gasteiger partial charge in [-0.15, -0.1) is 0 Å². The van der Waals surface area contributed by atoms with Crippen molar-refractivity contribution in [2.45, 2.75) is 6.54 Å². The van der Waals surface area contributed by atoms with E-state index in [2.05, 4.69) is 15.6 Å². The number of carbonyl (C=O) groups is 2. The Bertz CT molecular complexity index is 685. The average molecular weight is 298 g/mol. The maximum Gasteiger partial charge on any atom is 0.270 e. The van der Waals surface area contributed by atoms with Crippen molar-refractivity contribution in [1.82, 2.24) is 15.6 Å². The molecule has 0 atom stereocenters. The normalized spacial score (nSPS) is 10.1. The van der Waals surface area contributed by atoms with Crippen molar-refractivity contribution >= 4 is 11.8 Å². The second kappa shape index (κ2) is 7.33. The standard InChI is InChI=1S/C16H18N4O2/c1-18-14(21)10-20-16(22)15-13(6-3-7-19-15)12-5-2-4-11(8-12)9-17/h2-8H,9-10,17H2,1H3,(H,18,21)(H,20,22). The number of rotatable bonds is 5. The predicted octanol–water partition coefficient (Wildman–Crippen LogP) is 0.683. The summed E-state index contributed by atoms with van der Waals surface area (Å²) in [6.45, 7) is 0.334. The van der Waals surface area contributed by atoms with E-state index < -0.39 is 5.91 Å². The molecule has 2 rings (SSSR count). The molecule has 0 fully saturated rings. The second-order valence-corrected chi connectivity index (χ2v) is 4.66. The molecule has 0 saturated carbocycles. The van der Waals surface area contributed by atoms with Crippen LogP contribution < -0.4 is 16.4 Å². The molecule has 0 spiro atoms. The van der Waals surface area contributed by atoms with Crippen molar-refractivity contribution in [3.8, 4) is 11.1 Å². The van der Waals surface area contributed by atoms with E-state index in [0.29, 0.717) is 12.1 Å². The average Bonchev–Trinajstić information content (AvgIpc) is 2.59. The molecule has 1 aromatic carbocycles. The summed E-state index contributed by atoms with van der Waals surface area (Å²) in [6.07, 6.45) is 1.55. The molecule has 2 aromatic rings. The summed E-state index contributed by atoms with van der Waals surface area (Å²) < 4.78 is 0. The third-order valence-corrected chi connectivity index (χ3v) is 3.18. The Labute approximate surface area is 128 Å². The fourth-order valence-electron chi connectivity index (χ4n) is 2.02. The van der Waals surface area contributed by atoms with E-state index in [1.165, 1.54) is 7.05 Å². The number of benzene rings is 1. The fraction of sp³-hybridized carbons (Fsp3) is 0.188. The molecule has 6 heteroatoms. The molecule has 1 aromatic heterocycles. The van der Waals surface area contributed by atoms with E-state index in [9.17, 15) is 9.59 Å². The van der Waals surface area contributed by atoms with Crippen molar-refractivity contribution in [3.05, 3.63) is 53.9 Å². The van der Waals surface area contributed by atoms with Crippen molar-refractivity contribution in [3.63, 3.8) is 0 Å². The molecule has 6 nitrogen and oxygen atoms in total. The highest BCUT2D eigenvalue weighted by molar-refractivity contribution is 6.00. The second-order valence-electron chi connectivity index (χ2n) is 4.66. The Kier molecular flexibility index (Phi) is 5.21. The summed E-state index contributed by atoms with van der Waals surface area (Å²) in [5.74, 6) is -0.659. The largest absolute Gasteiger partial charge is 0.358 e. The van der Waals surface area contributed by atoms with Crippen molar-refractivity contribution < 1.29 is 9.59 Å². The lowest BCUT2D eigenvalue weighted by molar-refractivity contribution is -0.119. The lowest BCUT2D eigenvalue weighted by Crippen LogP contribution is -2.35. The number of hydrogen-bond donors (Lipinski definition) is 3. The lowest BCUT2D eigenvalue weighted by atomic mass is 10.0. The first kappa shape index (κ1) is 15.7. The van der Waals surface area contributed by atoms with Crippen LogP contribution in [0.15, 0.2) is 42.6 Å². The van der Waals surface area contributed by atoms with Gasteiger partial charge in [-0.05, 0) is 23.3 Å². The maximum atomic E-state index is 12.2. The molecule has 1 heterocycles. The zero-order valence-electron chi connectivity index (χ0n) is 12.3. The molecule has 0 bridgehead atoms. The molecule has 4 N–H and O–H groups in total. The molecule has 0 radical (unpaired) electrons. The van der Waals surface area contributed by atoms with E-state index in [1.807, 2.05) is 30.3 Å². The Hall–Kier alpha value is -2.73. The molecule has 0 aliphatic heterocycles. The van der Waals surface area contributed by atoms with E-state index >= 15 is 0 Å². The number of pyridine rings is 1. The number of nitrogens with two attached hydrogens (primary N) is 1. The van der Waals surface area contributed by atoms with Crippen molar-refractivity contribution in [1.29, 1.82) is 0 Å². The highest BCUT2D eigenvalue weighted by Crippen LogP contribution is 2.23. The summed E-state index contributed by atoms with van der Waals surface area (Å²) in [6, 6.07) is 11.2. The highest BCUT2D eigenvalue weighted by Gasteiger charge is 2.14. The smallest absolute Gasteiger partial charge is 0.270 e. The molecular weight excluding hydrogens is 280 g/mol. The SMILES string of the molecule is CNC(=O)CNC(=O)c1ncccc1-c1cccc(CN)c1. The first-order valence-electron chi connectivity index (χ1n) is 6.89. The third kappa shape index (κ3) is 3.67. The number of amides is 2. The van der Waals surface area contributed by atoms with Crippen LogP contribution in [0.25, 0.3) is 11.1 Å². The third-order valence-electron chi connectivity index (χ3n) is 3.18. The Morgan fingerprint density at radius 3 is 2.77 bits per heavy atom. The van der Waals surface area contributed by atoms with Crippen molar-refractivity contribution in [2.75, 3.05) is 13.6 Å². The van der Waals surface area contributed by atoms with Gasteiger partial charge in [0, 0.05) is 25.4 Å². The summed E-state index contributed by atoms with van der Waals surface area (Å²) in [7, 11) is 1.51. The molecule has 22 heavy (non-hydrogen) atoms. The summed E-state index contributed by atoms with van der Waals surface area (Å²) >= 11 is 0. The molecule has 2 amide bonds. The van der Waals surface area contributed by atoms with Gasteiger partial charge in [0.05, 0.1) is 6.54 Å². The minimum absolute atomic E-state index is 0.0891. The molecule has 0 aliphatic carbocycles. The van der Waals surface area contributed by atoms with Crippen LogP contribution in [0.3, 0.4) is 0 Å².